The molecule has 0 saturated carbocycles. The zero-order valence-electron chi connectivity index (χ0n) is 7.58. The Morgan fingerprint density at radius 1 is 0.917 bits per heavy atom. The first-order valence-corrected chi connectivity index (χ1v) is 5.04. The molecule has 2 heterocycles. The van der Waals surface area contributed by atoms with E-state index in [2.05, 4.69) is 4.90 Å². The lowest BCUT2D eigenvalue weighted by Gasteiger charge is -2.33. The topological polar surface area (TPSA) is 26.7 Å². The van der Waals surface area contributed by atoms with Gasteiger partial charge in [-0.05, 0) is 38.8 Å². The zero-order chi connectivity index (χ0) is 8.39. The number of hydrogen-bond donors (Lipinski definition) is 1. The summed E-state index contributed by atoms with van der Waals surface area (Å²) in [5.74, 6) is 0. The summed E-state index contributed by atoms with van der Waals surface area (Å²) < 4.78 is 0. The van der Waals surface area contributed by atoms with Gasteiger partial charge in [0.25, 0.3) is 0 Å². The van der Waals surface area contributed by atoms with Gasteiger partial charge in [-0.25, -0.2) is 0 Å². The predicted octanol–water partition coefficient (Wildman–Crippen LogP) is 0.936. The minimum Gasteiger partial charge on any atom is -0.314 e. The van der Waals surface area contributed by atoms with E-state index < -0.39 is 0 Å². The highest BCUT2D eigenvalue weighted by Gasteiger charge is 2.25. The van der Waals surface area contributed by atoms with Crippen LogP contribution in [0.5, 0.6) is 0 Å². The van der Waals surface area contributed by atoms with Crippen LogP contribution in [0.15, 0.2) is 0 Å². The molecule has 3 heteroatoms. The SMILES string of the molecule is ON1CCC(N2CCCC2)CC1. The lowest BCUT2D eigenvalue weighted by Crippen LogP contribution is -2.42. The van der Waals surface area contributed by atoms with Gasteiger partial charge in [-0.1, -0.05) is 0 Å². The van der Waals surface area contributed by atoms with Crippen molar-refractivity contribution in [3.8, 4) is 0 Å². The summed E-state index contributed by atoms with van der Waals surface area (Å²) in [5, 5.41) is 10.6. The van der Waals surface area contributed by atoms with E-state index >= 15 is 0 Å². The van der Waals surface area contributed by atoms with Crippen molar-refractivity contribution >= 4 is 0 Å². The molecule has 2 rings (SSSR count). The second kappa shape index (κ2) is 3.73. The van der Waals surface area contributed by atoms with Gasteiger partial charge in [-0.15, -0.1) is 0 Å². The number of likely N-dealkylation sites (tertiary alicyclic amines) is 1. The standard InChI is InChI=1S/C9H18N2O/c12-11-7-3-9(4-8-11)10-5-1-2-6-10/h9,12H,1-8H2. The van der Waals surface area contributed by atoms with Crippen molar-refractivity contribution in [1.82, 2.24) is 9.96 Å². The largest absolute Gasteiger partial charge is 0.314 e. The van der Waals surface area contributed by atoms with Gasteiger partial charge in [0.1, 0.15) is 0 Å². The van der Waals surface area contributed by atoms with Crippen molar-refractivity contribution in [3.63, 3.8) is 0 Å². The van der Waals surface area contributed by atoms with E-state index in [1.807, 2.05) is 0 Å². The molecule has 1 N–H and O–H groups in total. The van der Waals surface area contributed by atoms with Gasteiger partial charge >= 0.3 is 0 Å². The first-order chi connectivity index (χ1) is 5.86. The molecule has 2 saturated heterocycles. The molecule has 70 valence electrons. The molecule has 0 aromatic heterocycles. The molecule has 0 bridgehead atoms. The van der Waals surface area contributed by atoms with Gasteiger partial charge in [-0.3, -0.25) is 0 Å². The summed E-state index contributed by atoms with van der Waals surface area (Å²) in [7, 11) is 0. The van der Waals surface area contributed by atoms with Crippen LogP contribution in [0.1, 0.15) is 25.7 Å². The number of hydroxylamine groups is 2. The van der Waals surface area contributed by atoms with Crippen molar-refractivity contribution in [2.24, 2.45) is 0 Å². The molecule has 0 radical (unpaired) electrons. The maximum absolute atomic E-state index is 9.18. The Morgan fingerprint density at radius 3 is 2.08 bits per heavy atom. The monoisotopic (exact) mass is 170 g/mol. The van der Waals surface area contributed by atoms with Crippen LogP contribution in [-0.2, 0) is 0 Å². The number of rotatable bonds is 1. The second-order valence-electron chi connectivity index (χ2n) is 3.93. The molecule has 0 atom stereocenters. The first kappa shape index (κ1) is 8.48. The molecular formula is C9H18N2O. The normalized spacial score (nSPS) is 29.8. The number of piperidine rings is 1. The summed E-state index contributed by atoms with van der Waals surface area (Å²) in [6, 6.07) is 0.760. The van der Waals surface area contributed by atoms with Gasteiger partial charge in [-0.2, -0.15) is 5.06 Å². The Balaban J connectivity index is 1.80. The molecular weight excluding hydrogens is 152 g/mol. The fourth-order valence-electron chi connectivity index (χ4n) is 2.32. The van der Waals surface area contributed by atoms with Crippen molar-refractivity contribution in [2.75, 3.05) is 26.2 Å². The molecule has 12 heavy (non-hydrogen) atoms. The molecule has 0 aromatic carbocycles. The van der Waals surface area contributed by atoms with E-state index in [-0.39, 0.29) is 0 Å². The molecule has 2 aliphatic rings. The van der Waals surface area contributed by atoms with Crippen LogP contribution < -0.4 is 0 Å². The van der Waals surface area contributed by atoms with E-state index in [1.165, 1.54) is 31.0 Å². The fraction of sp³-hybridized carbons (Fsp3) is 1.00. The molecule has 2 fully saturated rings. The zero-order valence-corrected chi connectivity index (χ0v) is 7.58. The summed E-state index contributed by atoms with van der Waals surface area (Å²) in [5.41, 5.74) is 0. The van der Waals surface area contributed by atoms with Crippen LogP contribution in [0.2, 0.25) is 0 Å². The lowest BCUT2D eigenvalue weighted by molar-refractivity contribution is -0.114. The molecule has 3 nitrogen and oxygen atoms in total. The van der Waals surface area contributed by atoms with Crippen LogP contribution >= 0.6 is 0 Å². The van der Waals surface area contributed by atoms with Crippen LogP contribution in [0.4, 0.5) is 0 Å². The van der Waals surface area contributed by atoms with E-state index in [4.69, 9.17) is 0 Å². The maximum atomic E-state index is 9.18. The minimum absolute atomic E-state index is 0.760. The van der Waals surface area contributed by atoms with Gasteiger partial charge < -0.3 is 10.1 Å². The van der Waals surface area contributed by atoms with E-state index in [9.17, 15) is 5.21 Å². The van der Waals surface area contributed by atoms with Gasteiger partial charge in [0.05, 0.1) is 0 Å². The Morgan fingerprint density at radius 2 is 1.50 bits per heavy atom. The third kappa shape index (κ3) is 1.79. The molecule has 0 spiro atoms. The molecule has 2 aliphatic heterocycles. The van der Waals surface area contributed by atoms with Gasteiger partial charge in [0.2, 0.25) is 0 Å². The summed E-state index contributed by atoms with van der Waals surface area (Å²) in [6.07, 6.45) is 5.05. The average molecular weight is 170 g/mol. The smallest absolute Gasteiger partial charge is 0.0253 e. The first-order valence-electron chi connectivity index (χ1n) is 5.04. The van der Waals surface area contributed by atoms with Crippen molar-refractivity contribution in [2.45, 2.75) is 31.7 Å². The summed E-state index contributed by atoms with van der Waals surface area (Å²) in [4.78, 5) is 2.59. The highest BCUT2D eigenvalue weighted by Crippen LogP contribution is 2.19. The minimum atomic E-state index is 0.760. The van der Waals surface area contributed by atoms with Crippen molar-refractivity contribution < 1.29 is 5.21 Å². The highest BCUT2D eigenvalue weighted by atomic mass is 16.5. The van der Waals surface area contributed by atoms with E-state index in [0.29, 0.717) is 0 Å². The van der Waals surface area contributed by atoms with Crippen molar-refractivity contribution in [3.05, 3.63) is 0 Å². The van der Waals surface area contributed by atoms with Gasteiger partial charge in [0, 0.05) is 19.1 Å². The Kier molecular flexibility index (Phi) is 2.63. The number of hydrogen-bond acceptors (Lipinski definition) is 3. The Bertz CT molecular complexity index is 137. The fourth-order valence-corrected chi connectivity index (χ4v) is 2.32. The van der Waals surface area contributed by atoms with Crippen LogP contribution in [0.3, 0.4) is 0 Å². The molecule has 0 aliphatic carbocycles. The summed E-state index contributed by atoms with van der Waals surface area (Å²) >= 11 is 0. The van der Waals surface area contributed by atoms with Crippen molar-refractivity contribution in [1.29, 1.82) is 0 Å². The molecule has 0 unspecified atom stereocenters. The maximum Gasteiger partial charge on any atom is 0.0253 e. The molecule has 0 aromatic rings. The molecule has 0 amide bonds. The second-order valence-corrected chi connectivity index (χ2v) is 3.93. The number of nitrogens with zero attached hydrogens (tertiary/aromatic N) is 2. The van der Waals surface area contributed by atoms with Gasteiger partial charge in [0.15, 0.2) is 0 Å². The van der Waals surface area contributed by atoms with Crippen LogP contribution in [-0.4, -0.2) is 47.4 Å². The predicted molar refractivity (Wildman–Crippen MR) is 47.2 cm³/mol. The highest BCUT2D eigenvalue weighted by molar-refractivity contribution is 4.80. The third-order valence-electron chi connectivity index (χ3n) is 3.10. The Hall–Kier alpha value is -0.120. The lowest BCUT2D eigenvalue weighted by atomic mass is 10.1. The van der Waals surface area contributed by atoms with Crippen LogP contribution in [0.25, 0.3) is 0 Å². The third-order valence-corrected chi connectivity index (χ3v) is 3.10. The average Bonchev–Trinajstić information content (AvgIpc) is 2.58. The quantitative estimate of drug-likeness (QED) is 0.634. The Labute approximate surface area is 73.9 Å². The van der Waals surface area contributed by atoms with E-state index in [1.54, 1.807) is 0 Å². The van der Waals surface area contributed by atoms with Crippen LogP contribution in [0, 0.1) is 0 Å². The summed E-state index contributed by atoms with van der Waals surface area (Å²) in [6.45, 7) is 4.30. The van der Waals surface area contributed by atoms with E-state index in [0.717, 1.165) is 32.0 Å².